The molecule has 0 spiro atoms. The lowest BCUT2D eigenvalue weighted by Gasteiger charge is -2.37. The highest BCUT2D eigenvalue weighted by Gasteiger charge is 2.30. The molecule has 3 aliphatic rings. The maximum Gasteiger partial charge on any atom is 0.119 e. The zero-order valence-corrected chi connectivity index (χ0v) is 14.9. The lowest BCUT2D eigenvalue weighted by Crippen LogP contribution is -2.26. The first-order chi connectivity index (χ1) is 11.7. The molecule has 3 unspecified atom stereocenters. The van der Waals surface area contributed by atoms with Gasteiger partial charge in [-0.1, -0.05) is 25.5 Å². The van der Waals surface area contributed by atoms with E-state index in [-0.39, 0.29) is 0 Å². The van der Waals surface area contributed by atoms with E-state index in [4.69, 9.17) is 10.5 Å². The fourth-order valence-corrected chi connectivity index (χ4v) is 4.17. The molecule has 1 saturated carbocycles. The number of methoxy groups -OCH3 is 1. The van der Waals surface area contributed by atoms with E-state index in [2.05, 4.69) is 24.1 Å². The highest BCUT2D eigenvalue weighted by atomic mass is 16.5. The van der Waals surface area contributed by atoms with Gasteiger partial charge in [-0.25, -0.2) is 0 Å². The molecule has 2 aromatic rings. The molecule has 3 heteroatoms. The maximum absolute atomic E-state index is 5.54. The van der Waals surface area contributed by atoms with Crippen molar-refractivity contribution in [3.63, 3.8) is 0 Å². The van der Waals surface area contributed by atoms with Crippen LogP contribution in [0, 0.1) is 17.8 Å². The summed E-state index contributed by atoms with van der Waals surface area (Å²) in [6, 6.07) is 6.01. The normalized spacial score (nSPS) is 24.7. The Hall–Kier alpha value is -1.74. The molecule has 3 aliphatic carbocycles. The molecule has 3 nitrogen and oxygen atoms in total. The molecule has 1 fully saturated rings. The molecule has 1 aromatic carbocycles. The number of allylic oxidation sites excluding steroid dienone is 2. The Morgan fingerprint density at radius 2 is 2.12 bits per heavy atom. The number of hydrogen-bond donors (Lipinski definition) is 2. The van der Waals surface area contributed by atoms with Gasteiger partial charge in [0.05, 0.1) is 7.11 Å². The number of hydrogen-bond acceptors (Lipinski definition) is 2. The van der Waals surface area contributed by atoms with E-state index in [0.717, 1.165) is 35.4 Å². The van der Waals surface area contributed by atoms with E-state index in [1.807, 2.05) is 24.4 Å². The van der Waals surface area contributed by atoms with Crippen molar-refractivity contribution in [1.29, 1.82) is 0 Å². The zero-order valence-electron chi connectivity index (χ0n) is 14.9. The second-order valence-electron chi connectivity index (χ2n) is 7.05. The van der Waals surface area contributed by atoms with Gasteiger partial charge in [0.15, 0.2) is 0 Å². The summed E-state index contributed by atoms with van der Waals surface area (Å²) in [5.74, 6) is 3.82. The highest BCUT2D eigenvalue weighted by Crippen LogP contribution is 2.41. The SMILES string of the molecule is CCC1CC2C=CC1CC2.COc1ccc2[nH]cc(CCN)c2c1. The topological polar surface area (TPSA) is 51.0 Å². The predicted molar refractivity (Wildman–Crippen MR) is 101 cm³/mol. The standard InChI is InChI=1S/C11H14N2O.C10H16/c1-14-9-2-3-11-10(6-9)8(4-5-12)7-13-11;1-2-9-7-8-3-5-10(9)6-4-8/h2-3,6-7,13H,4-5,12H2,1H3;3,5,8-10H,2,4,6-7H2,1H3. The van der Waals surface area contributed by atoms with E-state index in [9.17, 15) is 0 Å². The van der Waals surface area contributed by atoms with Crippen molar-refractivity contribution >= 4 is 10.9 Å². The van der Waals surface area contributed by atoms with Crippen molar-refractivity contribution in [3.8, 4) is 5.75 Å². The Labute approximate surface area is 145 Å². The van der Waals surface area contributed by atoms with Gasteiger partial charge in [0, 0.05) is 17.1 Å². The van der Waals surface area contributed by atoms with Crippen molar-refractivity contribution in [3.05, 3.63) is 42.1 Å². The largest absolute Gasteiger partial charge is 0.497 e. The van der Waals surface area contributed by atoms with Crippen LogP contribution in [-0.2, 0) is 6.42 Å². The van der Waals surface area contributed by atoms with Crippen LogP contribution in [0.2, 0.25) is 0 Å². The highest BCUT2D eigenvalue weighted by molar-refractivity contribution is 5.84. The van der Waals surface area contributed by atoms with Crippen molar-refractivity contribution in [2.75, 3.05) is 13.7 Å². The van der Waals surface area contributed by atoms with Gasteiger partial charge in [-0.05, 0) is 73.7 Å². The van der Waals surface area contributed by atoms with Gasteiger partial charge in [0.2, 0.25) is 0 Å². The lowest BCUT2D eigenvalue weighted by atomic mass is 9.68. The minimum Gasteiger partial charge on any atom is -0.497 e. The number of benzene rings is 1. The number of rotatable bonds is 4. The Morgan fingerprint density at radius 1 is 1.25 bits per heavy atom. The average molecular weight is 326 g/mol. The van der Waals surface area contributed by atoms with Crippen molar-refractivity contribution in [2.45, 2.75) is 39.0 Å². The van der Waals surface area contributed by atoms with Crippen LogP contribution in [0.1, 0.15) is 38.2 Å². The molecular weight excluding hydrogens is 296 g/mol. The summed E-state index contributed by atoms with van der Waals surface area (Å²) in [5, 5.41) is 1.20. The summed E-state index contributed by atoms with van der Waals surface area (Å²) in [6.45, 7) is 3.00. The van der Waals surface area contributed by atoms with Gasteiger partial charge in [-0.15, -0.1) is 0 Å². The van der Waals surface area contributed by atoms with Crippen LogP contribution in [0.25, 0.3) is 10.9 Å². The predicted octanol–water partition coefficient (Wildman–Crippen LogP) is 4.68. The first-order valence-electron chi connectivity index (χ1n) is 9.27. The maximum atomic E-state index is 5.54. The van der Waals surface area contributed by atoms with Gasteiger partial charge >= 0.3 is 0 Å². The van der Waals surface area contributed by atoms with Crippen LogP contribution in [-0.4, -0.2) is 18.6 Å². The third-order valence-corrected chi connectivity index (χ3v) is 5.62. The quantitative estimate of drug-likeness (QED) is 0.802. The average Bonchev–Trinajstić information content (AvgIpc) is 3.05. The van der Waals surface area contributed by atoms with Gasteiger partial charge in [0.25, 0.3) is 0 Å². The van der Waals surface area contributed by atoms with Crippen molar-refractivity contribution < 1.29 is 4.74 Å². The van der Waals surface area contributed by atoms with Crippen molar-refractivity contribution in [1.82, 2.24) is 4.98 Å². The molecule has 3 N–H and O–H groups in total. The number of nitrogens with two attached hydrogens (primary N) is 1. The summed E-state index contributed by atoms with van der Waals surface area (Å²) in [5.41, 5.74) is 7.92. The van der Waals surface area contributed by atoms with E-state index in [1.165, 1.54) is 36.6 Å². The van der Waals surface area contributed by atoms with Crippen LogP contribution < -0.4 is 10.5 Å². The number of fused-ring (bicyclic) bond motifs is 3. The van der Waals surface area contributed by atoms with Crippen LogP contribution in [0.3, 0.4) is 0 Å². The number of aromatic amines is 1. The number of ether oxygens (including phenoxy) is 1. The number of nitrogens with one attached hydrogen (secondary N) is 1. The molecule has 1 heterocycles. The second kappa shape index (κ2) is 7.89. The lowest BCUT2D eigenvalue weighted by molar-refractivity contribution is 0.215. The molecular formula is C21H30N2O. The van der Waals surface area contributed by atoms with Crippen molar-refractivity contribution in [2.24, 2.45) is 23.5 Å². The third-order valence-electron chi connectivity index (χ3n) is 5.62. The summed E-state index contributed by atoms with van der Waals surface area (Å²) < 4.78 is 5.18. The Balaban J connectivity index is 0.000000149. The van der Waals surface area contributed by atoms with Gasteiger partial charge < -0.3 is 15.5 Å². The third kappa shape index (κ3) is 3.67. The molecule has 5 rings (SSSR count). The zero-order chi connectivity index (χ0) is 16.9. The molecule has 24 heavy (non-hydrogen) atoms. The van der Waals surface area contributed by atoms with Crippen LogP contribution in [0.15, 0.2) is 36.5 Å². The van der Waals surface area contributed by atoms with Crippen LogP contribution in [0.5, 0.6) is 5.75 Å². The smallest absolute Gasteiger partial charge is 0.119 e. The Bertz CT molecular complexity index is 688. The van der Waals surface area contributed by atoms with Gasteiger partial charge in [-0.2, -0.15) is 0 Å². The second-order valence-corrected chi connectivity index (χ2v) is 7.05. The van der Waals surface area contributed by atoms with E-state index >= 15 is 0 Å². The minimum atomic E-state index is 0.671. The number of aromatic nitrogens is 1. The van der Waals surface area contributed by atoms with Gasteiger partial charge in [-0.3, -0.25) is 0 Å². The molecule has 130 valence electrons. The fourth-order valence-electron chi connectivity index (χ4n) is 4.17. The summed E-state index contributed by atoms with van der Waals surface area (Å²) in [7, 11) is 1.68. The Morgan fingerprint density at radius 3 is 2.67 bits per heavy atom. The first-order valence-corrected chi connectivity index (χ1v) is 9.27. The van der Waals surface area contributed by atoms with Crippen LogP contribution in [0.4, 0.5) is 0 Å². The fraction of sp³-hybridized carbons (Fsp3) is 0.524. The number of H-pyrrole nitrogens is 1. The molecule has 0 amide bonds. The van der Waals surface area contributed by atoms with Crippen LogP contribution >= 0.6 is 0 Å². The molecule has 3 atom stereocenters. The molecule has 2 bridgehead atoms. The first kappa shape index (κ1) is 17.1. The molecule has 0 saturated heterocycles. The monoisotopic (exact) mass is 326 g/mol. The molecule has 0 aliphatic heterocycles. The molecule has 1 aromatic heterocycles. The van der Waals surface area contributed by atoms with E-state index in [0.29, 0.717) is 6.54 Å². The minimum absolute atomic E-state index is 0.671. The molecule has 0 radical (unpaired) electrons. The summed E-state index contributed by atoms with van der Waals surface area (Å²) in [4.78, 5) is 3.21. The van der Waals surface area contributed by atoms with Gasteiger partial charge in [0.1, 0.15) is 5.75 Å². The van der Waals surface area contributed by atoms with E-state index in [1.54, 1.807) is 7.11 Å². The van der Waals surface area contributed by atoms with E-state index < -0.39 is 0 Å². The Kier molecular flexibility index (Phi) is 5.62. The summed E-state index contributed by atoms with van der Waals surface area (Å²) >= 11 is 0. The summed E-state index contributed by atoms with van der Waals surface area (Å²) in [6.07, 6.45) is 13.6.